The monoisotopic (exact) mass is 324 g/mol. The van der Waals surface area contributed by atoms with Crippen LogP contribution in [-0.2, 0) is 4.79 Å². The Morgan fingerprint density at radius 3 is 2.50 bits per heavy atom. The maximum absolute atomic E-state index is 12.0. The molecule has 1 aliphatic heterocycles. The Hall–Kier alpha value is -1.10. The van der Waals surface area contributed by atoms with E-state index in [1.54, 1.807) is 24.3 Å². The molecule has 4 nitrogen and oxygen atoms in total. The van der Waals surface area contributed by atoms with E-state index in [0.29, 0.717) is 11.4 Å². The largest absolute Gasteiger partial charge is 0.396 e. The number of nitrogens with zero attached hydrogens (tertiary/aromatic N) is 1. The zero-order valence-corrected chi connectivity index (χ0v) is 13.9. The van der Waals surface area contributed by atoms with Gasteiger partial charge in [-0.1, -0.05) is 18.5 Å². The predicted molar refractivity (Wildman–Crippen MR) is 90.2 cm³/mol. The van der Waals surface area contributed by atoms with E-state index in [0.717, 1.165) is 44.6 Å². The van der Waals surface area contributed by atoms with E-state index in [1.165, 1.54) is 0 Å². The van der Waals surface area contributed by atoms with Crippen molar-refractivity contribution >= 4 is 23.2 Å². The number of anilines is 1. The lowest BCUT2D eigenvalue weighted by Gasteiger charge is -2.40. The van der Waals surface area contributed by atoms with Crippen LogP contribution in [-0.4, -0.2) is 42.2 Å². The molecule has 122 valence electrons. The number of piperidine rings is 1. The lowest BCUT2D eigenvalue weighted by Crippen LogP contribution is -2.42. The number of benzene rings is 1. The SMILES string of the molecule is CCC1(CO)CCN(CCC(=O)Nc2ccc(Cl)cc2)CC1. The number of rotatable bonds is 6. The maximum atomic E-state index is 12.0. The molecule has 0 atom stereocenters. The lowest BCUT2D eigenvalue weighted by atomic mass is 9.77. The summed E-state index contributed by atoms with van der Waals surface area (Å²) in [5.74, 6) is 0.0248. The zero-order chi connectivity index (χ0) is 16.0. The van der Waals surface area contributed by atoms with Gasteiger partial charge < -0.3 is 15.3 Å². The highest BCUT2D eigenvalue weighted by Gasteiger charge is 2.32. The first-order chi connectivity index (χ1) is 10.6. The average molecular weight is 325 g/mol. The third-order valence-electron chi connectivity index (χ3n) is 4.79. The molecule has 2 N–H and O–H groups in total. The highest BCUT2D eigenvalue weighted by Crippen LogP contribution is 2.34. The lowest BCUT2D eigenvalue weighted by molar-refractivity contribution is -0.116. The molecule has 1 aromatic carbocycles. The standard InChI is InChI=1S/C17H25ClN2O2/c1-2-17(13-21)8-11-20(12-9-17)10-7-16(22)19-15-5-3-14(18)4-6-15/h3-6,21H,2,7-13H2,1H3,(H,19,22). The minimum atomic E-state index is 0.0248. The van der Waals surface area contributed by atoms with Crippen LogP contribution in [0.2, 0.25) is 5.02 Å². The van der Waals surface area contributed by atoms with Crippen molar-refractivity contribution in [3.8, 4) is 0 Å². The van der Waals surface area contributed by atoms with Crippen molar-refractivity contribution in [2.75, 3.05) is 31.6 Å². The first-order valence-electron chi connectivity index (χ1n) is 7.95. The van der Waals surface area contributed by atoms with E-state index < -0.39 is 0 Å². The zero-order valence-electron chi connectivity index (χ0n) is 13.1. The third-order valence-corrected chi connectivity index (χ3v) is 5.04. The average Bonchev–Trinajstić information content (AvgIpc) is 2.56. The number of hydrogen-bond donors (Lipinski definition) is 2. The van der Waals surface area contributed by atoms with Crippen LogP contribution in [0.1, 0.15) is 32.6 Å². The van der Waals surface area contributed by atoms with Crippen LogP contribution >= 0.6 is 11.6 Å². The highest BCUT2D eigenvalue weighted by atomic mass is 35.5. The summed E-state index contributed by atoms with van der Waals surface area (Å²) in [4.78, 5) is 14.3. The Bertz CT molecular complexity index is 476. The smallest absolute Gasteiger partial charge is 0.225 e. The third kappa shape index (κ3) is 4.70. The van der Waals surface area contributed by atoms with Crippen molar-refractivity contribution in [2.45, 2.75) is 32.6 Å². The van der Waals surface area contributed by atoms with Gasteiger partial charge in [0.2, 0.25) is 5.91 Å². The summed E-state index contributed by atoms with van der Waals surface area (Å²) in [5, 5.41) is 13.1. The molecule has 1 fully saturated rings. The second-order valence-electron chi connectivity index (χ2n) is 6.16. The summed E-state index contributed by atoms with van der Waals surface area (Å²) < 4.78 is 0. The number of likely N-dealkylation sites (tertiary alicyclic amines) is 1. The molecule has 1 amide bonds. The second kappa shape index (κ2) is 7.95. The first-order valence-corrected chi connectivity index (χ1v) is 8.33. The number of nitrogens with one attached hydrogen (secondary N) is 1. The number of aliphatic hydroxyl groups is 1. The van der Waals surface area contributed by atoms with Gasteiger partial charge in [-0.2, -0.15) is 0 Å². The number of amides is 1. The van der Waals surface area contributed by atoms with Crippen LogP contribution in [0.15, 0.2) is 24.3 Å². The molecule has 22 heavy (non-hydrogen) atoms. The highest BCUT2D eigenvalue weighted by molar-refractivity contribution is 6.30. The minimum Gasteiger partial charge on any atom is -0.396 e. The topological polar surface area (TPSA) is 52.6 Å². The Morgan fingerprint density at radius 1 is 1.32 bits per heavy atom. The summed E-state index contributed by atoms with van der Waals surface area (Å²) >= 11 is 5.82. The van der Waals surface area contributed by atoms with Gasteiger partial charge in [-0.15, -0.1) is 0 Å². The molecule has 1 aliphatic rings. The number of carbonyl (C=O) groups excluding carboxylic acids is 1. The van der Waals surface area contributed by atoms with Gasteiger partial charge in [0.15, 0.2) is 0 Å². The fourth-order valence-corrected chi connectivity index (χ4v) is 3.02. The fourth-order valence-electron chi connectivity index (χ4n) is 2.89. The Labute approximate surface area is 137 Å². The molecule has 1 heterocycles. The van der Waals surface area contributed by atoms with Gasteiger partial charge in [-0.3, -0.25) is 4.79 Å². The number of carbonyl (C=O) groups is 1. The van der Waals surface area contributed by atoms with Crippen LogP contribution in [0.5, 0.6) is 0 Å². The molecule has 0 radical (unpaired) electrons. The van der Waals surface area contributed by atoms with E-state index in [1.807, 2.05) is 0 Å². The van der Waals surface area contributed by atoms with Crippen molar-refractivity contribution in [3.63, 3.8) is 0 Å². The van der Waals surface area contributed by atoms with Gasteiger partial charge in [0.25, 0.3) is 0 Å². The van der Waals surface area contributed by atoms with Crippen LogP contribution in [0, 0.1) is 5.41 Å². The van der Waals surface area contributed by atoms with E-state index in [-0.39, 0.29) is 17.9 Å². The van der Waals surface area contributed by atoms with Crippen molar-refractivity contribution in [2.24, 2.45) is 5.41 Å². The molecular formula is C17H25ClN2O2. The molecule has 1 saturated heterocycles. The molecule has 0 bridgehead atoms. The molecule has 0 aromatic heterocycles. The van der Waals surface area contributed by atoms with E-state index in [4.69, 9.17) is 11.6 Å². The van der Waals surface area contributed by atoms with Crippen molar-refractivity contribution < 1.29 is 9.90 Å². The molecule has 1 aromatic rings. The Kier molecular flexibility index (Phi) is 6.24. The molecular weight excluding hydrogens is 300 g/mol. The molecule has 0 aliphatic carbocycles. The van der Waals surface area contributed by atoms with Gasteiger partial charge in [0.05, 0.1) is 0 Å². The molecule has 0 unspecified atom stereocenters. The van der Waals surface area contributed by atoms with Gasteiger partial charge >= 0.3 is 0 Å². The van der Waals surface area contributed by atoms with Gasteiger partial charge in [0, 0.05) is 30.3 Å². The Balaban J connectivity index is 1.72. The van der Waals surface area contributed by atoms with Gasteiger partial charge in [0.1, 0.15) is 0 Å². The normalized spacial score (nSPS) is 18.1. The summed E-state index contributed by atoms with van der Waals surface area (Å²) in [6.45, 7) is 5.11. The van der Waals surface area contributed by atoms with Crippen molar-refractivity contribution in [1.82, 2.24) is 4.90 Å². The fraction of sp³-hybridized carbons (Fsp3) is 0.588. The van der Waals surface area contributed by atoms with E-state index in [9.17, 15) is 9.90 Å². The number of aliphatic hydroxyl groups excluding tert-OH is 1. The molecule has 0 saturated carbocycles. The summed E-state index contributed by atoms with van der Waals surface area (Å²) in [7, 11) is 0. The maximum Gasteiger partial charge on any atom is 0.225 e. The summed E-state index contributed by atoms with van der Waals surface area (Å²) in [6, 6.07) is 7.14. The molecule has 2 rings (SSSR count). The summed E-state index contributed by atoms with van der Waals surface area (Å²) in [6.07, 6.45) is 3.53. The van der Waals surface area contributed by atoms with Gasteiger partial charge in [-0.25, -0.2) is 0 Å². The van der Waals surface area contributed by atoms with Gasteiger partial charge in [-0.05, 0) is 62.0 Å². The molecule has 5 heteroatoms. The quantitative estimate of drug-likeness (QED) is 0.845. The minimum absolute atomic E-state index is 0.0248. The van der Waals surface area contributed by atoms with Crippen molar-refractivity contribution in [3.05, 3.63) is 29.3 Å². The first kappa shape index (κ1) is 17.3. The molecule has 0 spiro atoms. The Morgan fingerprint density at radius 2 is 1.95 bits per heavy atom. The summed E-state index contributed by atoms with van der Waals surface area (Å²) in [5.41, 5.74) is 0.875. The van der Waals surface area contributed by atoms with Crippen LogP contribution in [0.25, 0.3) is 0 Å². The van der Waals surface area contributed by atoms with Crippen LogP contribution in [0.3, 0.4) is 0 Å². The number of hydrogen-bond acceptors (Lipinski definition) is 3. The van der Waals surface area contributed by atoms with Crippen LogP contribution in [0.4, 0.5) is 5.69 Å². The van der Waals surface area contributed by atoms with Crippen molar-refractivity contribution in [1.29, 1.82) is 0 Å². The second-order valence-corrected chi connectivity index (χ2v) is 6.59. The van der Waals surface area contributed by atoms with E-state index in [2.05, 4.69) is 17.1 Å². The number of halogens is 1. The predicted octanol–water partition coefficient (Wildman–Crippen LogP) is 3.15. The van der Waals surface area contributed by atoms with E-state index >= 15 is 0 Å². The van der Waals surface area contributed by atoms with Crippen LogP contribution < -0.4 is 5.32 Å².